The molecule has 0 aromatic carbocycles. The maximum Gasteiger partial charge on any atom is 0.692 e. The Morgan fingerprint density at radius 1 is 0.750 bits per heavy atom. The van der Waals surface area contributed by atoms with E-state index in [1.54, 1.807) is 56.2 Å². The Kier molecular flexibility index (Phi) is 16.7. The predicted octanol–water partition coefficient (Wildman–Crippen LogP) is 0.205. The molecule has 13 nitrogen and oxygen atoms in total. The molecule has 24 heavy (non-hydrogen) atoms. The summed E-state index contributed by atoms with van der Waals surface area (Å²) >= 11 is 0. The minimum Gasteiger partial charge on any atom is -0.351 e. The fourth-order valence-electron chi connectivity index (χ4n) is 0.645. The van der Waals surface area contributed by atoms with Gasteiger partial charge in [-0.1, -0.05) is 0 Å². The lowest BCUT2D eigenvalue weighted by molar-refractivity contribution is 0.380. The minimum atomic E-state index is -4.67. The molecule has 134 valence electrons. The zero-order valence-corrected chi connectivity index (χ0v) is 13.6. The second-order valence-electron chi connectivity index (χ2n) is 2.98. The van der Waals surface area contributed by atoms with E-state index in [1.807, 2.05) is 0 Å². The normalized spacial score (nSPS) is 8.50. The molecule has 0 saturated carbocycles. The topological polar surface area (TPSA) is 218 Å². The molecule has 7 N–H and O–H groups in total. The number of H-pyrrole nitrogens is 3. The zero-order valence-electron chi connectivity index (χ0n) is 11.9. The van der Waals surface area contributed by atoms with Crippen LogP contribution in [0.3, 0.4) is 0 Å². The first-order valence-electron chi connectivity index (χ1n) is 5.56. The lowest BCUT2D eigenvalue weighted by Crippen LogP contribution is -1.89. The average Bonchev–Trinajstić information content (AvgIpc) is 3.24. The molecule has 0 atom stereocenters. The third kappa shape index (κ3) is 42.7. The van der Waals surface area contributed by atoms with Crippen molar-refractivity contribution in [2.24, 2.45) is 0 Å². The predicted molar refractivity (Wildman–Crippen MR) is 82.0 cm³/mol. The molecule has 0 amide bonds. The van der Waals surface area contributed by atoms with Crippen molar-refractivity contribution in [1.82, 2.24) is 29.9 Å². The summed E-state index contributed by atoms with van der Waals surface area (Å²) in [7, 11) is -7.54. The van der Waals surface area contributed by atoms with Crippen LogP contribution in [0.2, 0.25) is 0 Å². The van der Waals surface area contributed by atoms with Crippen LogP contribution in [0.1, 0.15) is 0 Å². The summed E-state index contributed by atoms with van der Waals surface area (Å²) in [6.45, 7) is 0. The van der Waals surface area contributed by atoms with Crippen LogP contribution in [0.15, 0.2) is 56.2 Å². The van der Waals surface area contributed by atoms with Crippen LogP contribution in [-0.2, 0) is 15.0 Å². The van der Waals surface area contributed by atoms with Gasteiger partial charge in [0.15, 0.2) is 0 Å². The number of imidazole rings is 3. The number of hydrogen-bond acceptors (Lipinski definition) is 6. The molecular weight excluding hydrogens is 367 g/mol. The van der Waals surface area contributed by atoms with Crippen molar-refractivity contribution < 1.29 is 31.9 Å². The zero-order chi connectivity index (χ0) is 18.7. The molecule has 0 aliphatic carbocycles. The molecule has 15 heteroatoms. The van der Waals surface area contributed by atoms with Crippen molar-refractivity contribution >= 4 is 18.7 Å². The van der Waals surface area contributed by atoms with Gasteiger partial charge in [-0.25, -0.2) is 15.0 Å². The van der Waals surface area contributed by atoms with Crippen molar-refractivity contribution in [2.75, 3.05) is 0 Å². The Hall–Kier alpha value is -2.48. The molecule has 0 aliphatic rings. The quantitative estimate of drug-likeness (QED) is 0.206. The molecule has 3 rings (SSSR count). The molecule has 0 saturated heterocycles. The van der Waals surface area contributed by atoms with E-state index < -0.39 is 18.7 Å². The summed E-state index contributed by atoms with van der Waals surface area (Å²) in [6, 6.07) is 0. The van der Waals surface area contributed by atoms with Gasteiger partial charge < -0.3 is 15.0 Å². The number of nitrogens with zero attached hydrogens (tertiary/aromatic N) is 3. The standard InChI is InChI=1S/3C3H4N2.H2O4S.HO3P/c3*1-2-5-3-4-1;1-5(2,3)4;1-4(2)3/h3*1-3H,(H,4,5);(H2,1,2,3,4);(H-,1,2,3)/p+1. The molecule has 0 unspecified atom stereocenters. The highest BCUT2D eigenvalue weighted by Crippen LogP contribution is 1.98. The summed E-state index contributed by atoms with van der Waals surface area (Å²) in [5.41, 5.74) is 0. The van der Waals surface area contributed by atoms with Gasteiger partial charge in [0, 0.05) is 41.7 Å². The molecule has 3 heterocycles. The van der Waals surface area contributed by atoms with Gasteiger partial charge >= 0.3 is 18.7 Å². The van der Waals surface area contributed by atoms with Crippen molar-refractivity contribution in [2.45, 2.75) is 0 Å². The first kappa shape index (κ1) is 23.8. The Labute approximate surface area is 137 Å². The van der Waals surface area contributed by atoms with Crippen molar-refractivity contribution in [3.05, 3.63) is 56.2 Å². The first-order valence-corrected chi connectivity index (χ1v) is 8.12. The second kappa shape index (κ2) is 16.9. The minimum absolute atomic E-state index is 1.62. The Morgan fingerprint density at radius 2 is 0.958 bits per heavy atom. The number of rotatable bonds is 0. The van der Waals surface area contributed by atoms with E-state index in [-0.39, 0.29) is 0 Å². The molecule has 3 aromatic heterocycles. The Bertz CT molecular complexity index is 533. The van der Waals surface area contributed by atoms with E-state index in [0.29, 0.717) is 0 Å². The van der Waals surface area contributed by atoms with E-state index in [2.05, 4.69) is 29.9 Å². The smallest absolute Gasteiger partial charge is 0.351 e. The summed E-state index contributed by atoms with van der Waals surface area (Å²) in [5.74, 6) is 0. The maximum absolute atomic E-state index is 8.74. The SMILES string of the molecule is O=S(=O)(O)O.O=[P+](O)O.c1c[nH]cn1.c1c[nH]cn1.c1c[nH]cn1. The van der Waals surface area contributed by atoms with Crippen LogP contribution in [0, 0.1) is 0 Å². The Morgan fingerprint density at radius 3 is 1.00 bits per heavy atom. The number of aromatic nitrogens is 6. The van der Waals surface area contributed by atoms with Gasteiger partial charge in [0.05, 0.1) is 19.0 Å². The van der Waals surface area contributed by atoms with Crippen LogP contribution < -0.4 is 0 Å². The van der Waals surface area contributed by atoms with Crippen molar-refractivity contribution in [3.8, 4) is 0 Å². The van der Waals surface area contributed by atoms with Crippen LogP contribution in [0.25, 0.3) is 0 Å². The summed E-state index contributed by atoms with van der Waals surface area (Å²) < 4.78 is 40.3. The van der Waals surface area contributed by atoms with Crippen LogP contribution in [-0.4, -0.2) is 57.2 Å². The van der Waals surface area contributed by atoms with Gasteiger partial charge in [-0.15, -0.1) is 9.79 Å². The molecule has 0 spiro atoms. The third-order valence-corrected chi connectivity index (χ3v) is 1.22. The summed E-state index contributed by atoms with van der Waals surface area (Å²) in [6.07, 6.45) is 15.2. The van der Waals surface area contributed by atoms with E-state index >= 15 is 0 Å². The monoisotopic (exact) mass is 383 g/mol. The second-order valence-corrected chi connectivity index (χ2v) is 4.38. The number of aromatic amines is 3. The fourth-order valence-corrected chi connectivity index (χ4v) is 0.645. The molecule has 0 bridgehead atoms. The van der Waals surface area contributed by atoms with Crippen LogP contribution in [0.5, 0.6) is 0 Å². The number of nitrogens with one attached hydrogen (secondary N) is 3. The molecular formula is C9H16N6O7PS+. The van der Waals surface area contributed by atoms with Gasteiger partial charge in [0.25, 0.3) is 0 Å². The lowest BCUT2D eigenvalue weighted by atomic mass is 11.0. The fraction of sp³-hybridized carbons (Fsp3) is 0. The summed E-state index contributed by atoms with van der Waals surface area (Å²) in [5, 5.41) is 0. The first-order chi connectivity index (χ1) is 11.2. The van der Waals surface area contributed by atoms with Gasteiger partial charge in [-0.05, 0) is 0 Å². The molecule has 3 aromatic rings. The highest BCUT2D eigenvalue weighted by atomic mass is 32.3. The highest BCUT2D eigenvalue weighted by Gasteiger charge is 1.93. The number of hydrogen-bond donors (Lipinski definition) is 7. The van der Waals surface area contributed by atoms with Crippen molar-refractivity contribution in [1.29, 1.82) is 0 Å². The third-order valence-electron chi connectivity index (χ3n) is 1.22. The lowest BCUT2D eigenvalue weighted by Gasteiger charge is -1.68. The molecule has 0 fully saturated rings. The molecule has 0 radical (unpaired) electrons. The highest BCUT2D eigenvalue weighted by molar-refractivity contribution is 7.79. The van der Waals surface area contributed by atoms with E-state index in [0.717, 1.165) is 0 Å². The van der Waals surface area contributed by atoms with Crippen LogP contribution in [0.4, 0.5) is 0 Å². The van der Waals surface area contributed by atoms with Gasteiger partial charge in [0.2, 0.25) is 0 Å². The Balaban J connectivity index is 0. The largest absolute Gasteiger partial charge is 0.692 e. The summed E-state index contributed by atoms with van der Waals surface area (Å²) in [4.78, 5) is 33.5. The van der Waals surface area contributed by atoms with Crippen molar-refractivity contribution in [3.63, 3.8) is 0 Å². The van der Waals surface area contributed by atoms with E-state index in [1.165, 1.54) is 0 Å². The van der Waals surface area contributed by atoms with Gasteiger partial charge in [-0.3, -0.25) is 9.11 Å². The maximum atomic E-state index is 8.74. The van der Waals surface area contributed by atoms with Crippen LogP contribution >= 0.6 is 8.25 Å². The van der Waals surface area contributed by atoms with Gasteiger partial charge in [-0.2, -0.15) is 8.42 Å². The van der Waals surface area contributed by atoms with E-state index in [9.17, 15) is 0 Å². The van der Waals surface area contributed by atoms with Gasteiger partial charge in [0.1, 0.15) is 0 Å². The molecule has 0 aliphatic heterocycles. The average molecular weight is 383 g/mol. The van der Waals surface area contributed by atoms with E-state index in [4.69, 9.17) is 31.9 Å².